The second-order valence-electron chi connectivity index (χ2n) is 4.71. The van der Waals surface area contributed by atoms with Crippen LogP contribution < -0.4 is 5.32 Å². The Kier molecular flexibility index (Phi) is 3.48. The average Bonchev–Trinajstić information content (AvgIpc) is 2.78. The predicted molar refractivity (Wildman–Crippen MR) is 79.4 cm³/mol. The van der Waals surface area contributed by atoms with Gasteiger partial charge >= 0.3 is 6.18 Å². The number of hydrogen-bond acceptors (Lipinski definition) is 5. The monoisotopic (exact) mass is 324 g/mol. The van der Waals surface area contributed by atoms with Gasteiger partial charge in [0.1, 0.15) is 16.2 Å². The van der Waals surface area contributed by atoms with Gasteiger partial charge in [-0.3, -0.25) is 0 Å². The van der Waals surface area contributed by atoms with Crippen LogP contribution in [0.2, 0.25) is 0 Å². The maximum absolute atomic E-state index is 12.8. The van der Waals surface area contributed by atoms with Gasteiger partial charge in [-0.25, -0.2) is 15.0 Å². The minimum absolute atomic E-state index is 0.305. The third-order valence-electron chi connectivity index (χ3n) is 2.93. The molecular formula is C14H11F3N4S. The van der Waals surface area contributed by atoms with Gasteiger partial charge in [0.2, 0.25) is 0 Å². The minimum atomic E-state index is -4.38. The fraction of sp³-hybridized carbons (Fsp3) is 0.214. The molecule has 0 radical (unpaired) electrons. The first-order valence-electron chi connectivity index (χ1n) is 6.39. The molecule has 4 nitrogen and oxygen atoms in total. The summed E-state index contributed by atoms with van der Waals surface area (Å²) in [7, 11) is 0. The smallest absolute Gasteiger partial charge is 0.338 e. The number of halogens is 3. The van der Waals surface area contributed by atoms with Crippen molar-refractivity contribution >= 4 is 33.2 Å². The lowest BCUT2D eigenvalue weighted by molar-refractivity contribution is -0.137. The van der Waals surface area contributed by atoms with E-state index < -0.39 is 11.7 Å². The lowest BCUT2D eigenvalue weighted by atomic mass is 10.2. The van der Waals surface area contributed by atoms with Crippen LogP contribution in [-0.2, 0) is 6.18 Å². The second-order valence-corrected chi connectivity index (χ2v) is 5.89. The standard InChI is InChI=1S/C14H11F3N4S/c1-7-18-12(11-13(19-7)22-8(2)20-11)21-10-5-3-4-9(6-10)14(15,16)17/h3-6H,1-2H3,(H,18,19,21). The van der Waals surface area contributed by atoms with E-state index in [1.54, 1.807) is 13.0 Å². The summed E-state index contributed by atoms with van der Waals surface area (Å²) in [6, 6.07) is 4.97. The highest BCUT2D eigenvalue weighted by Gasteiger charge is 2.30. The lowest BCUT2D eigenvalue weighted by Gasteiger charge is -2.10. The molecule has 2 heterocycles. The molecule has 3 aromatic rings. The largest absolute Gasteiger partial charge is 0.416 e. The van der Waals surface area contributed by atoms with Gasteiger partial charge in [0.05, 0.1) is 10.6 Å². The van der Waals surface area contributed by atoms with Gasteiger partial charge in [-0.05, 0) is 32.0 Å². The number of nitrogens with one attached hydrogen (secondary N) is 1. The topological polar surface area (TPSA) is 50.7 Å². The SMILES string of the molecule is Cc1nc(Nc2cccc(C(F)(F)F)c2)c2nc(C)sc2n1. The van der Waals surface area contributed by atoms with E-state index in [0.717, 1.165) is 17.1 Å². The van der Waals surface area contributed by atoms with E-state index >= 15 is 0 Å². The first kappa shape index (κ1) is 14.7. The van der Waals surface area contributed by atoms with Gasteiger partial charge in [0.15, 0.2) is 5.82 Å². The zero-order chi connectivity index (χ0) is 15.9. The molecular weight excluding hydrogens is 313 g/mol. The van der Waals surface area contributed by atoms with Gasteiger partial charge in [-0.15, -0.1) is 0 Å². The summed E-state index contributed by atoms with van der Waals surface area (Å²) in [5.41, 5.74) is 0.152. The summed E-state index contributed by atoms with van der Waals surface area (Å²) in [6.07, 6.45) is -4.38. The van der Waals surface area contributed by atoms with Gasteiger partial charge in [0, 0.05) is 5.69 Å². The van der Waals surface area contributed by atoms with Crippen LogP contribution in [0.4, 0.5) is 24.7 Å². The van der Waals surface area contributed by atoms with Crippen molar-refractivity contribution in [2.24, 2.45) is 0 Å². The molecule has 22 heavy (non-hydrogen) atoms. The molecule has 3 rings (SSSR count). The maximum Gasteiger partial charge on any atom is 0.416 e. The van der Waals surface area contributed by atoms with E-state index in [1.165, 1.54) is 17.4 Å². The number of aryl methyl sites for hydroxylation is 2. The minimum Gasteiger partial charge on any atom is -0.338 e. The number of nitrogens with zero attached hydrogens (tertiary/aromatic N) is 3. The molecule has 0 amide bonds. The highest BCUT2D eigenvalue weighted by molar-refractivity contribution is 7.18. The van der Waals surface area contributed by atoms with Gasteiger partial charge in [-0.2, -0.15) is 13.2 Å². The van der Waals surface area contributed by atoms with Crippen LogP contribution in [-0.4, -0.2) is 15.0 Å². The van der Waals surface area contributed by atoms with Gasteiger partial charge in [0.25, 0.3) is 0 Å². The Hall–Kier alpha value is -2.22. The van der Waals surface area contributed by atoms with Crippen LogP contribution in [0, 0.1) is 13.8 Å². The number of alkyl halides is 3. The van der Waals surface area contributed by atoms with E-state index in [1.807, 2.05) is 6.92 Å². The summed E-state index contributed by atoms with van der Waals surface area (Å²) < 4.78 is 38.3. The summed E-state index contributed by atoms with van der Waals surface area (Å²) in [4.78, 5) is 13.6. The number of benzene rings is 1. The zero-order valence-corrected chi connectivity index (χ0v) is 12.5. The highest BCUT2D eigenvalue weighted by atomic mass is 32.1. The summed E-state index contributed by atoms with van der Waals surface area (Å²) in [5.74, 6) is 0.941. The van der Waals surface area contributed by atoms with Crippen molar-refractivity contribution in [2.45, 2.75) is 20.0 Å². The predicted octanol–water partition coefficient (Wildman–Crippen LogP) is 4.47. The van der Waals surface area contributed by atoms with Crippen molar-refractivity contribution in [1.29, 1.82) is 0 Å². The molecule has 0 spiro atoms. The zero-order valence-electron chi connectivity index (χ0n) is 11.7. The van der Waals surface area contributed by atoms with E-state index in [0.29, 0.717) is 27.7 Å². The fourth-order valence-corrected chi connectivity index (χ4v) is 2.86. The number of thiazole rings is 1. The Morgan fingerprint density at radius 2 is 1.86 bits per heavy atom. The van der Waals surface area contributed by atoms with Crippen molar-refractivity contribution in [3.8, 4) is 0 Å². The molecule has 0 aliphatic rings. The fourth-order valence-electron chi connectivity index (χ4n) is 2.03. The molecule has 0 bridgehead atoms. The maximum atomic E-state index is 12.8. The molecule has 0 aliphatic heterocycles. The van der Waals surface area contributed by atoms with E-state index in [-0.39, 0.29) is 0 Å². The first-order chi connectivity index (χ1) is 10.3. The van der Waals surface area contributed by atoms with E-state index in [4.69, 9.17) is 0 Å². The molecule has 0 saturated carbocycles. The molecule has 8 heteroatoms. The Balaban J connectivity index is 2.03. The van der Waals surface area contributed by atoms with Crippen molar-refractivity contribution in [2.75, 3.05) is 5.32 Å². The number of fused-ring (bicyclic) bond motifs is 1. The first-order valence-corrected chi connectivity index (χ1v) is 7.20. The Morgan fingerprint density at radius 1 is 1.09 bits per heavy atom. The average molecular weight is 324 g/mol. The lowest BCUT2D eigenvalue weighted by Crippen LogP contribution is -2.05. The third-order valence-corrected chi connectivity index (χ3v) is 3.79. The molecule has 0 aliphatic carbocycles. The Morgan fingerprint density at radius 3 is 2.59 bits per heavy atom. The quantitative estimate of drug-likeness (QED) is 0.756. The van der Waals surface area contributed by atoms with Crippen molar-refractivity contribution in [1.82, 2.24) is 15.0 Å². The van der Waals surface area contributed by atoms with Crippen LogP contribution in [0.3, 0.4) is 0 Å². The summed E-state index contributed by atoms with van der Waals surface area (Å²) >= 11 is 1.42. The number of rotatable bonds is 2. The van der Waals surface area contributed by atoms with Crippen LogP contribution in [0.15, 0.2) is 24.3 Å². The number of hydrogen-bond donors (Lipinski definition) is 1. The molecule has 0 atom stereocenters. The van der Waals surface area contributed by atoms with Crippen LogP contribution >= 0.6 is 11.3 Å². The molecule has 114 valence electrons. The Labute approximate surface area is 128 Å². The van der Waals surface area contributed by atoms with E-state index in [2.05, 4.69) is 20.3 Å². The molecule has 0 unspecified atom stereocenters. The highest BCUT2D eigenvalue weighted by Crippen LogP contribution is 2.32. The van der Waals surface area contributed by atoms with Crippen molar-refractivity contribution in [3.63, 3.8) is 0 Å². The summed E-state index contributed by atoms with van der Waals surface area (Å²) in [6.45, 7) is 3.57. The molecule has 0 saturated heterocycles. The third kappa shape index (κ3) is 2.87. The van der Waals surface area contributed by atoms with Crippen LogP contribution in [0.25, 0.3) is 10.3 Å². The normalized spacial score (nSPS) is 11.9. The second kappa shape index (κ2) is 5.20. The molecule has 2 aromatic heterocycles. The molecule has 1 N–H and O–H groups in total. The number of anilines is 2. The van der Waals surface area contributed by atoms with Crippen LogP contribution in [0.1, 0.15) is 16.4 Å². The van der Waals surface area contributed by atoms with Crippen molar-refractivity contribution in [3.05, 3.63) is 40.7 Å². The molecule has 1 aromatic carbocycles. The van der Waals surface area contributed by atoms with Gasteiger partial charge < -0.3 is 5.32 Å². The van der Waals surface area contributed by atoms with E-state index in [9.17, 15) is 13.2 Å². The Bertz CT molecular complexity index is 842. The van der Waals surface area contributed by atoms with Crippen LogP contribution in [0.5, 0.6) is 0 Å². The summed E-state index contributed by atoms with van der Waals surface area (Å²) in [5, 5.41) is 3.73. The number of aromatic nitrogens is 3. The van der Waals surface area contributed by atoms with Gasteiger partial charge in [-0.1, -0.05) is 17.4 Å². The molecule has 0 fully saturated rings. The van der Waals surface area contributed by atoms with Crippen molar-refractivity contribution < 1.29 is 13.2 Å².